The molecule has 0 fully saturated rings. The van der Waals surface area contributed by atoms with Crippen LogP contribution in [0.5, 0.6) is 0 Å². The van der Waals surface area contributed by atoms with Gasteiger partial charge < -0.3 is 10.2 Å². The van der Waals surface area contributed by atoms with Gasteiger partial charge in [-0.2, -0.15) is 0 Å². The van der Waals surface area contributed by atoms with Gasteiger partial charge in [0.2, 0.25) is 11.8 Å². The Balaban J connectivity index is 2.00. The second-order valence-electron chi connectivity index (χ2n) is 5.46. The third kappa shape index (κ3) is 4.83. The molecule has 0 aromatic heterocycles. The maximum absolute atomic E-state index is 12.2. The monoisotopic (exact) mass is 344 g/mol. The van der Waals surface area contributed by atoms with Gasteiger partial charge in [-0.25, -0.2) is 0 Å². The number of halogens is 1. The third-order valence-corrected chi connectivity index (χ3v) is 4.01. The minimum atomic E-state index is -0.115. The van der Waals surface area contributed by atoms with Gasteiger partial charge in [-0.3, -0.25) is 9.59 Å². The van der Waals surface area contributed by atoms with E-state index in [1.54, 1.807) is 29.2 Å². The van der Waals surface area contributed by atoms with Crippen molar-refractivity contribution in [3.8, 4) is 0 Å². The predicted molar refractivity (Wildman–Crippen MR) is 98.5 cm³/mol. The Kier molecular flexibility index (Phi) is 6.38. The van der Waals surface area contributed by atoms with Gasteiger partial charge in [0.05, 0.1) is 0 Å². The fraction of sp³-hybridized carbons (Fsp3) is 0.263. The molecule has 0 heterocycles. The fourth-order valence-electron chi connectivity index (χ4n) is 2.47. The minimum Gasteiger partial charge on any atom is -0.326 e. The molecule has 0 aliphatic carbocycles. The van der Waals surface area contributed by atoms with Gasteiger partial charge in [0, 0.05) is 36.3 Å². The van der Waals surface area contributed by atoms with Crippen LogP contribution in [0.4, 0.5) is 11.4 Å². The number of para-hydroxylation sites is 1. The molecule has 0 unspecified atom stereocenters. The molecule has 0 bridgehead atoms. The summed E-state index contributed by atoms with van der Waals surface area (Å²) in [6, 6.07) is 14.7. The quantitative estimate of drug-likeness (QED) is 0.850. The summed E-state index contributed by atoms with van der Waals surface area (Å²) in [6.45, 7) is 3.85. The lowest BCUT2D eigenvalue weighted by atomic mass is 10.1. The van der Waals surface area contributed by atoms with E-state index < -0.39 is 0 Å². The summed E-state index contributed by atoms with van der Waals surface area (Å²) in [5.74, 6) is -0.227. The van der Waals surface area contributed by atoms with Crippen LogP contribution in [-0.2, 0) is 16.0 Å². The number of benzene rings is 2. The normalized spacial score (nSPS) is 10.3. The van der Waals surface area contributed by atoms with Crippen molar-refractivity contribution in [3.05, 3.63) is 59.1 Å². The van der Waals surface area contributed by atoms with E-state index in [0.29, 0.717) is 11.6 Å². The van der Waals surface area contributed by atoms with E-state index in [2.05, 4.69) is 5.32 Å². The van der Waals surface area contributed by atoms with Crippen LogP contribution in [0.2, 0.25) is 5.02 Å². The molecular formula is C19H21ClN2O2. The minimum absolute atomic E-state index is 0.112. The van der Waals surface area contributed by atoms with Crippen molar-refractivity contribution in [1.82, 2.24) is 0 Å². The van der Waals surface area contributed by atoms with Crippen LogP contribution in [0.1, 0.15) is 25.8 Å². The van der Waals surface area contributed by atoms with Crippen LogP contribution in [0.15, 0.2) is 48.5 Å². The second-order valence-corrected chi connectivity index (χ2v) is 5.89. The molecule has 2 aromatic carbocycles. The highest BCUT2D eigenvalue weighted by atomic mass is 35.5. The maximum atomic E-state index is 12.2. The lowest BCUT2D eigenvalue weighted by Gasteiger charge is -2.21. The van der Waals surface area contributed by atoms with Crippen LogP contribution in [-0.4, -0.2) is 18.4 Å². The van der Waals surface area contributed by atoms with E-state index in [-0.39, 0.29) is 18.2 Å². The number of aryl methyl sites for hydroxylation is 1. The van der Waals surface area contributed by atoms with E-state index >= 15 is 0 Å². The average molecular weight is 345 g/mol. The molecular weight excluding hydrogens is 324 g/mol. The molecule has 5 heteroatoms. The van der Waals surface area contributed by atoms with E-state index in [1.807, 2.05) is 31.2 Å². The molecule has 0 aliphatic heterocycles. The van der Waals surface area contributed by atoms with Crippen molar-refractivity contribution in [3.63, 3.8) is 0 Å². The first-order valence-electron chi connectivity index (χ1n) is 7.92. The van der Waals surface area contributed by atoms with E-state index in [1.165, 1.54) is 6.92 Å². The first-order chi connectivity index (χ1) is 11.5. The zero-order valence-electron chi connectivity index (χ0n) is 13.9. The van der Waals surface area contributed by atoms with Crippen LogP contribution < -0.4 is 10.2 Å². The molecule has 1 N–H and O–H groups in total. The van der Waals surface area contributed by atoms with Gasteiger partial charge in [0.1, 0.15) is 0 Å². The van der Waals surface area contributed by atoms with Gasteiger partial charge in [-0.15, -0.1) is 0 Å². The molecule has 0 spiro atoms. The Morgan fingerprint density at radius 1 is 1.08 bits per heavy atom. The summed E-state index contributed by atoms with van der Waals surface area (Å²) >= 11 is 5.87. The topological polar surface area (TPSA) is 49.4 Å². The van der Waals surface area contributed by atoms with Crippen molar-refractivity contribution in [2.75, 3.05) is 16.8 Å². The van der Waals surface area contributed by atoms with Gasteiger partial charge in [0.25, 0.3) is 0 Å². The Morgan fingerprint density at radius 2 is 1.75 bits per heavy atom. The average Bonchev–Trinajstić information content (AvgIpc) is 2.57. The van der Waals surface area contributed by atoms with Crippen molar-refractivity contribution in [1.29, 1.82) is 0 Å². The first-order valence-corrected chi connectivity index (χ1v) is 8.30. The largest absolute Gasteiger partial charge is 0.326 e. The van der Waals surface area contributed by atoms with Crippen molar-refractivity contribution >= 4 is 34.8 Å². The first kappa shape index (κ1) is 18.0. The van der Waals surface area contributed by atoms with Crippen molar-refractivity contribution in [2.24, 2.45) is 0 Å². The number of nitrogens with one attached hydrogen (secondary N) is 1. The standard InChI is InChI=1S/C19H21ClN2O2/c1-3-15-6-4-5-7-18(15)21-19(24)12-13-22(14(2)23)17-10-8-16(20)9-11-17/h4-11H,3,12-13H2,1-2H3,(H,21,24). The Labute approximate surface area is 147 Å². The predicted octanol–water partition coefficient (Wildman–Crippen LogP) is 4.28. The summed E-state index contributed by atoms with van der Waals surface area (Å²) in [4.78, 5) is 25.7. The maximum Gasteiger partial charge on any atom is 0.226 e. The Hall–Kier alpha value is -2.33. The molecule has 0 radical (unpaired) electrons. The zero-order chi connectivity index (χ0) is 17.5. The summed E-state index contributed by atoms with van der Waals surface area (Å²) in [7, 11) is 0. The van der Waals surface area contributed by atoms with E-state index in [4.69, 9.17) is 11.6 Å². The molecule has 0 saturated carbocycles. The number of anilines is 2. The Bertz CT molecular complexity index is 714. The molecule has 0 saturated heterocycles. The lowest BCUT2D eigenvalue weighted by molar-refractivity contribution is -0.117. The van der Waals surface area contributed by atoms with Crippen LogP contribution in [0.25, 0.3) is 0 Å². The number of carbonyl (C=O) groups excluding carboxylic acids is 2. The van der Waals surface area contributed by atoms with Gasteiger partial charge >= 0.3 is 0 Å². The number of nitrogens with zero attached hydrogens (tertiary/aromatic N) is 1. The molecule has 2 aromatic rings. The summed E-state index contributed by atoms with van der Waals surface area (Å²) in [5.41, 5.74) is 2.64. The van der Waals surface area contributed by atoms with E-state index in [9.17, 15) is 9.59 Å². The van der Waals surface area contributed by atoms with Crippen molar-refractivity contribution in [2.45, 2.75) is 26.7 Å². The highest BCUT2D eigenvalue weighted by Gasteiger charge is 2.14. The smallest absolute Gasteiger partial charge is 0.226 e. The SMILES string of the molecule is CCc1ccccc1NC(=O)CCN(C(C)=O)c1ccc(Cl)cc1. The number of rotatable bonds is 6. The molecule has 0 atom stereocenters. The highest BCUT2D eigenvalue weighted by Crippen LogP contribution is 2.19. The molecule has 2 rings (SSSR count). The Morgan fingerprint density at radius 3 is 2.38 bits per heavy atom. The summed E-state index contributed by atoms with van der Waals surface area (Å²) < 4.78 is 0. The molecule has 24 heavy (non-hydrogen) atoms. The van der Waals surface area contributed by atoms with Gasteiger partial charge in [0.15, 0.2) is 0 Å². The van der Waals surface area contributed by atoms with Crippen LogP contribution in [0.3, 0.4) is 0 Å². The number of hydrogen-bond acceptors (Lipinski definition) is 2. The van der Waals surface area contributed by atoms with E-state index in [0.717, 1.165) is 23.4 Å². The highest BCUT2D eigenvalue weighted by molar-refractivity contribution is 6.30. The van der Waals surface area contributed by atoms with Crippen molar-refractivity contribution < 1.29 is 9.59 Å². The number of hydrogen-bond donors (Lipinski definition) is 1. The lowest BCUT2D eigenvalue weighted by Crippen LogP contribution is -2.32. The number of amides is 2. The molecule has 2 amide bonds. The molecule has 4 nitrogen and oxygen atoms in total. The fourth-order valence-corrected chi connectivity index (χ4v) is 2.59. The van der Waals surface area contributed by atoms with Gasteiger partial charge in [-0.05, 0) is 42.3 Å². The third-order valence-electron chi connectivity index (χ3n) is 3.75. The molecule has 0 aliphatic rings. The second kappa shape index (κ2) is 8.50. The van der Waals surface area contributed by atoms with Crippen LogP contribution >= 0.6 is 11.6 Å². The number of carbonyl (C=O) groups is 2. The molecule has 126 valence electrons. The summed E-state index contributed by atoms with van der Waals surface area (Å²) in [5, 5.41) is 3.53. The van der Waals surface area contributed by atoms with Crippen LogP contribution in [0, 0.1) is 0 Å². The van der Waals surface area contributed by atoms with Gasteiger partial charge in [-0.1, -0.05) is 36.7 Å². The zero-order valence-corrected chi connectivity index (χ0v) is 14.6. The summed E-state index contributed by atoms with van der Waals surface area (Å²) in [6.07, 6.45) is 1.07.